The molecular weight excluding hydrogens is 266 g/mol. The van der Waals surface area contributed by atoms with E-state index in [1.165, 1.54) is 0 Å². The van der Waals surface area contributed by atoms with Gasteiger partial charge >= 0.3 is 0 Å². The number of carbonyl (C=O) groups excluding carboxylic acids is 1. The van der Waals surface area contributed by atoms with Crippen molar-refractivity contribution in [3.05, 3.63) is 29.2 Å². The quantitative estimate of drug-likeness (QED) is 0.873. The molecule has 1 aliphatic carbocycles. The molecule has 3 N–H and O–H groups in total. The summed E-state index contributed by atoms with van der Waals surface area (Å²) in [6.45, 7) is 3.88. The number of aromatic nitrogens is 3. The van der Waals surface area contributed by atoms with E-state index in [1.807, 2.05) is 19.9 Å². The molecule has 0 aromatic carbocycles. The number of aryl methyl sites for hydroxylation is 2. The highest BCUT2D eigenvalue weighted by molar-refractivity contribution is 5.99. The maximum Gasteiger partial charge on any atom is 0.256 e. The molecule has 1 amide bonds. The minimum Gasteiger partial charge on any atom is -0.349 e. The van der Waals surface area contributed by atoms with Gasteiger partial charge in [-0.3, -0.25) is 4.79 Å². The van der Waals surface area contributed by atoms with E-state index < -0.39 is 0 Å². The molecule has 0 unspecified atom stereocenters. The highest BCUT2D eigenvalue weighted by Crippen LogP contribution is 2.18. The van der Waals surface area contributed by atoms with E-state index in [0.29, 0.717) is 11.2 Å². The molecule has 2 aromatic heterocycles. The summed E-state index contributed by atoms with van der Waals surface area (Å²) in [4.78, 5) is 16.9. The predicted molar refractivity (Wildman–Crippen MR) is 80.2 cm³/mol. The van der Waals surface area contributed by atoms with Gasteiger partial charge in [-0.2, -0.15) is 5.10 Å². The van der Waals surface area contributed by atoms with Crippen LogP contribution in [0.3, 0.4) is 0 Å². The summed E-state index contributed by atoms with van der Waals surface area (Å²) in [5.74, 6) is -0.0945. The van der Waals surface area contributed by atoms with E-state index in [9.17, 15) is 4.79 Å². The summed E-state index contributed by atoms with van der Waals surface area (Å²) in [5.41, 5.74) is 8.91. The van der Waals surface area contributed by atoms with Crippen LogP contribution in [0.25, 0.3) is 5.65 Å². The SMILES string of the molecule is Cc1cc(C)n2ncc(C(=O)NC3CCC(N)CC3)c2n1. The molecule has 3 rings (SSSR count). The average molecular weight is 287 g/mol. The number of nitrogens with two attached hydrogens (primary N) is 1. The molecule has 2 aromatic rings. The van der Waals surface area contributed by atoms with Crippen LogP contribution in [0.1, 0.15) is 47.4 Å². The molecule has 21 heavy (non-hydrogen) atoms. The van der Waals surface area contributed by atoms with Crippen molar-refractivity contribution in [3.8, 4) is 0 Å². The van der Waals surface area contributed by atoms with E-state index >= 15 is 0 Å². The molecule has 0 aliphatic heterocycles. The minimum absolute atomic E-state index is 0.0945. The predicted octanol–water partition coefficient (Wildman–Crippen LogP) is 1.35. The molecule has 0 spiro atoms. The second kappa shape index (κ2) is 5.44. The fourth-order valence-corrected chi connectivity index (χ4v) is 2.96. The summed E-state index contributed by atoms with van der Waals surface area (Å²) in [6.07, 6.45) is 5.42. The Kier molecular flexibility index (Phi) is 3.63. The molecule has 1 fully saturated rings. The van der Waals surface area contributed by atoms with Gasteiger partial charge in [0.25, 0.3) is 5.91 Å². The fourth-order valence-electron chi connectivity index (χ4n) is 2.96. The lowest BCUT2D eigenvalue weighted by Gasteiger charge is -2.26. The van der Waals surface area contributed by atoms with Gasteiger partial charge in [0, 0.05) is 23.5 Å². The van der Waals surface area contributed by atoms with Crippen molar-refractivity contribution in [3.63, 3.8) is 0 Å². The topological polar surface area (TPSA) is 85.3 Å². The number of nitrogens with zero attached hydrogens (tertiary/aromatic N) is 3. The van der Waals surface area contributed by atoms with Crippen LogP contribution < -0.4 is 11.1 Å². The first kappa shape index (κ1) is 14.0. The first-order valence-electron chi connectivity index (χ1n) is 7.43. The number of amides is 1. The van der Waals surface area contributed by atoms with Crippen molar-refractivity contribution < 1.29 is 4.79 Å². The van der Waals surface area contributed by atoms with Gasteiger partial charge in [0.05, 0.1) is 6.20 Å². The van der Waals surface area contributed by atoms with Crippen LogP contribution in [0.15, 0.2) is 12.3 Å². The molecule has 0 radical (unpaired) electrons. The van der Waals surface area contributed by atoms with Crippen LogP contribution in [0.5, 0.6) is 0 Å². The van der Waals surface area contributed by atoms with Crippen molar-refractivity contribution in [2.45, 2.75) is 51.6 Å². The van der Waals surface area contributed by atoms with Crippen molar-refractivity contribution in [1.29, 1.82) is 0 Å². The number of carbonyl (C=O) groups is 1. The third kappa shape index (κ3) is 2.76. The largest absolute Gasteiger partial charge is 0.349 e. The molecular formula is C15H21N5O. The third-order valence-corrected chi connectivity index (χ3v) is 4.13. The molecule has 0 atom stereocenters. The molecule has 1 aliphatic rings. The Morgan fingerprint density at radius 3 is 2.76 bits per heavy atom. The molecule has 112 valence electrons. The second-order valence-corrected chi connectivity index (χ2v) is 5.92. The minimum atomic E-state index is -0.0945. The van der Waals surface area contributed by atoms with Crippen LogP contribution in [0.2, 0.25) is 0 Å². The van der Waals surface area contributed by atoms with Gasteiger partial charge in [-0.05, 0) is 45.6 Å². The zero-order valence-electron chi connectivity index (χ0n) is 12.5. The first-order chi connectivity index (χ1) is 10.0. The van der Waals surface area contributed by atoms with Crippen LogP contribution in [0, 0.1) is 13.8 Å². The van der Waals surface area contributed by atoms with Crippen LogP contribution in [0.4, 0.5) is 0 Å². The zero-order valence-corrected chi connectivity index (χ0v) is 12.5. The van der Waals surface area contributed by atoms with Gasteiger partial charge in [-0.15, -0.1) is 0 Å². The smallest absolute Gasteiger partial charge is 0.256 e. The van der Waals surface area contributed by atoms with Crippen molar-refractivity contribution in [2.24, 2.45) is 5.73 Å². The Morgan fingerprint density at radius 1 is 1.33 bits per heavy atom. The van der Waals surface area contributed by atoms with E-state index in [2.05, 4.69) is 15.4 Å². The van der Waals surface area contributed by atoms with Crippen molar-refractivity contribution in [2.75, 3.05) is 0 Å². The van der Waals surface area contributed by atoms with Gasteiger partial charge in [-0.25, -0.2) is 9.50 Å². The summed E-state index contributed by atoms with van der Waals surface area (Å²) in [7, 11) is 0. The summed E-state index contributed by atoms with van der Waals surface area (Å²) in [5, 5.41) is 7.34. The normalized spacial score (nSPS) is 22.4. The highest BCUT2D eigenvalue weighted by atomic mass is 16.1. The molecule has 6 nitrogen and oxygen atoms in total. The van der Waals surface area contributed by atoms with E-state index in [1.54, 1.807) is 10.7 Å². The van der Waals surface area contributed by atoms with E-state index in [0.717, 1.165) is 37.1 Å². The maximum atomic E-state index is 12.5. The summed E-state index contributed by atoms with van der Waals surface area (Å²) >= 11 is 0. The monoisotopic (exact) mass is 287 g/mol. The summed E-state index contributed by atoms with van der Waals surface area (Å²) < 4.78 is 1.71. The lowest BCUT2D eigenvalue weighted by molar-refractivity contribution is 0.0927. The summed E-state index contributed by atoms with van der Waals surface area (Å²) in [6, 6.07) is 2.43. The van der Waals surface area contributed by atoms with Gasteiger partial charge < -0.3 is 11.1 Å². The van der Waals surface area contributed by atoms with Gasteiger partial charge in [-0.1, -0.05) is 0 Å². The highest BCUT2D eigenvalue weighted by Gasteiger charge is 2.22. The Hall–Kier alpha value is -1.95. The maximum absolute atomic E-state index is 12.5. The fraction of sp³-hybridized carbons (Fsp3) is 0.533. The Bertz CT molecular complexity index is 670. The molecule has 0 saturated heterocycles. The third-order valence-electron chi connectivity index (χ3n) is 4.13. The molecule has 0 bridgehead atoms. The standard InChI is InChI=1S/C15H21N5O/c1-9-7-10(2)20-14(18-9)13(8-17-20)15(21)19-12-5-3-11(16)4-6-12/h7-8,11-12H,3-6,16H2,1-2H3,(H,19,21). The number of fused-ring (bicyclic) bond motifs is 1. The van der Waals surface area contributed by atoms with Crippen molar-refractivity contribution >= 4 is 11.6 Å². The van der Waals surface area contributed by atoms with Crippen molar-refractivity contribution in [1.82, 2.24) is 19.9 Å². The first-order valence-corrected chi connectivity index (χ1v) is 7.43. The number of hydrogen-bond donors (Lipinski definition) is 2. The Morgan fingerprint density at radius 2 is 2.05 bits per heavy atom. The number of rotatable bonds is 2. The van der Waals surface area contributed by atoms with E-state index in [4.69, 9.17) is 5.73 Å². The van der Waals surface area contributed by atoms with Gasteiger partial charge in [0.1, 0.15) is 5.56 Å². The van der Waals surface area contributed by atoms with Crippen LogP contribution in [-0.2, 0) is 0 Å². The molecule has 2 heterocycles. The van der Waals surface area contributed by atoms with E-state index in [-0.39, 0.29) is 18.0 Å². The number of hydrogen-bond acceptors (Lipinski definition) is 4. The Labute approximate surface area is 123 Å². The lowest BCUT2D eigenvalue weighted by atomic mass is 9.92. The Balaban J connectivity index is 1.82. The lowest BCUT2D eigenvalue weighted by Crippen LogP contribution is -2.40. The second-order valence-electron chi connectivity index (χ2n) is 5.92. The van der Waals surface area contributed by atoms with Gasteiger partial charge in [0.15, 0.2) is 5.65 Å². The molecule has 1 saturated carbocycles. The van der Waals surface area contributed by atoms with Crippen LogP contribution in [-0.4, -0.2) is 32.6 Å². The zero-order chi connectivity index (χ0) is 15.0. The van der Waals surface area contributed by atoms with Crippen LogP contribution >= 0.6 is 0 Å². The number of nitrogens with one attached hydrogen (secondary N) is 1. The van der Waals surface area contributed by atoms with Gasteiger partial charge in [0.2, 0.25) is 0 Å². The molecule has 6 heteroatoms. The average Bonchev–Trinajstić information content (AvgIpc) is 2.85.